The molecule has 2 aromatic rings. The van der Waals surface area contributed by atoms with E-state index in [1.54, 1.807) is 25.1 Å². The molecule has 0 aliphatic carbocycles. The fourth-order valence-corrected chi connectivity index (χ4v) is 2.62. The Labute approximate surface area is 131 Å². The number of ether oxygens (including phenoxy) is 1. The predicted octanol–water partition coefficient (Wildman–Crippen LogP) is 5.51. The minimum Gasteiger partial charge on any atom is -0.483 e. The zero-order chi connectivity index (χ0) is 14.9. The molecule has 0 fully saturated rings. The quantitative estimate of drug-likeness (QED) is 0.593. The lowest BCUT2D eigenvalue weighted by molar-refractivity contribution is 0.216. The molecule has 0 saturated heterocycles. The molecule has 2 N–H and O–H groups in total. The Morgan fingerprint density at radius 1 is 1.10 bits per heavy atom. The molecule has 2 rings (SSSR count). The summed E-state index contributed by atoms with van der Waals surface area (Å²) < 4.78 is 19.3. The van der Waals surface area contributed by atoms with Crippen LogP contribution in [0.4, 0.5) is 10.1 Å². The van der Waals surface area contributed by atoms with Crippen molar-refractivity contribution in [3.8, 4) is 5.75 Å². The fraction of sp³-hybridized carbons (Fsp3) is 0.143. The van der Waals surface area contributed by atoms with Crippen molar-refractivity contribution in [2.24, 2.45) is 0 Å². The lowest BCUT2D eigenvalue weighted by Gasteiger charge is -2.18. The molecular formula is C14H11Cl3FNO. The van der Waals surface area contributed by atoms with Crippen LogP contribution in [-0.4, -0.2) is 0 Å². The number of hydrogen-bond acceptors (Lipinski definition) is 2. The molecule has 0 aliphatic rings. The first-order chi connectivity index (χ1) is 9.40. The van der Waals surface area contributed by atoms with E-state index in [-0.39, 0.29) is 5.75 Å². The van der Waals surface area contributed by atoms with Crippen molar-refractivity contribution in [1.29, 1.82) is 0 Å². The van der Waals surface area contributed by atoms with E-state index in [0.717, 1.165) is 0 Å². The third-order valence-electron chi connectivity index (χ3n) is 2.75. The second-order valence-corrected chi connectivity index (χ2v) is 5.40. The van der Waals surface area contributed by atoms with Gasteiger partial charge in [-0.25, -0.2) is 4.39 Å². The van der Waals surface area contributed by atoms with Gasteiger partial charge in [-0.05, 0) is 31.2 Å². The molecule has 2 nitrogen and oxygen atoms in total. The van der Waals surface area contributed by atoms with Gasteiger partial charge in [-0.1, -0.05) is 34.8 Å². The monoisotopic (exact) mass is 333 g/mol. The molecule has 0 aromatic heterocycles. The Hall–Kier alpha value is -1.16. The van der Waals surface area contributed by atoms with Gasteiger partial charge in [-0.3, -0.25) is 0 Å². The molecular weight excluding hydrogens is 324 g/mol. The topological polar surface area (TPSA) is 35.2 Å². The Morgan fingerprint density at radius 3 is 2.40 bits per heavy atom. The van der Waals surface area contributed by atoms with Gasteiger partial charge in [0.05, 0.1) is 10.0 Å². The minimum absolute atomic E-state index is 0.0683. The highest BCUT2D eigenvalue weighted by atomic mass is 35.5. The summed E-state index contributed by atoms with van der Waals surface area (Å²) in [7, 11) is 0. The highest BCUT2D eigenvalue weighted by Gasteiger charge is 2.19. The highest BCUT2D eigenvalue weighted by Crippen LogP contribution is 2.37. The van der Waals surface area contributed by atoms with Crippen LogP contribution in [-0.2, 0) is 0 Å². The van der Waals surface area contributed by atoms with Gasteiger partial charge in [-0.15, -0.1) is 0 Å². The summed E-state index contributed by atoms with van der Waals surface area (Å²) in [5, 5.41) is 1.06. The molecule has 106 valence electrons. The van der Waals surface area contributed by atoms with Crippen LogP contribution < -0.4 is 10.5 Å². The van der Waals surface area contributed by atoms with Crippen LogP contribution in [0.2, 0.25) is 15.1 Å². The molecule has 1 unspecified atom stereocenters. The van der Waals surface area contributed by atoms with Crippen LogP contribution in [0, 0.1) is 5.82 Å². The highest BCUT2D eigenvalue weighted by molar-refractivity contribution is 6.44. The Balaban J connectivity index is 2.33. The second-order valence-electron chi connectivity index (χ2n) is 4.21. The first-order valence-corrected chi connectivity index (χ1v) is 6.88. The maximum Gasteiger partial charge on any atom is 0.167 e. The van der Waals surface area contributed by atoms with Crippen LogP contribution in [0.15, 0.2) is 30.3 Å². The summed E-state index contributed by atoms with van der Waals surface area (Å²) in [4.78, 5) is 0. The molecule has 0 spiro atoms. The van der Waals surface area contributed by atoms with Crippen molar-refractivity contribution in [2.75, 3.05) is 5.73 Å². The molecule has 0 radical (unpaired) electrons. The molecule has 1 atom stereocenters. The molecule has 0 bridgehead atoms. The van der Waals surface area contributed by atoms with Gasteiger partial charge in [0.2, 0.25) is 0 Å². The Bertz CT molecular complexity index is 649. The molecule has 0 aliphatic heterocycles. The zero-order valence-corrected chi connectivity index (χ0v) is 12.7. The van der Waals surface area contributed by atoms with Crippen molar-refractivity contribution in [3.05, 3.63) is 56.8 Å². The summed E-state index contributed by atoms with van der Waals surface area (Å²) in [6, 6.07) is 7.39. The number of benzene rings is 2. The molecule has 0 saturated carbocycles. The van der Waals surface area contributed by atoms with E-state index < -0.39 is 11.9 Å². The molecule has 0 amide bonds. The van der Waals surface area contributed by atoms with Crippen LogP contribution >= 0.6 is 34.8 Å². The average molecular weight is 335 g/mol. The summed E-state index contributed by atoms with van der Waals surface area (Å²) in [6.45, 7) is 1.71. The molecule has 2 aromatic carbocycles. The number of nitrogens with two attached hydrogens (primary N) is 1. The summed E-state index contributed by atoms with van der Waals surface area (Å²) >= 11 is 18.2. The Morgan fingerprint density at radius 2 is 1.75 bits per heavy atom. The van der Waals surface area contributed by atoms with E-state index in [1.807, 2.05) is 0 Å². The van der Waals surface area contributed by atoms with Gasteiger partial charge in [-0.2, -0.15) is 0 Å². The van der Waals surface area contributed by atoms with E-state index in [2.05, 4.69) is 0 Å². The van der Waals surface area contributed by atoms with Crippen molar-refractivity contribution >= 4 is 40.5 Å². The van der Waals surface area contributed by atoms with Gasteiger partial charge >= 0.3 is 0 Å². The minimum atomic E-state index is -0.563. The fourth-order valence-electron chi connectivity index (χ4n) is 1.78. The second kappa shape index (κ2) is 6.08. The van der Waals surface area contributed by atoms with E-state index in [9.17, 15) is 4.39 Å². The zero-order valence-electron chi connectivity index (χ0n) is 10.5. The van der Waals surface area contributed by atoms with Crippen molar-refractivity contribution in [2.45, 2.75) is 13.0 Å². The SMILES string of the molecule is CC(Oc1ccc(N)cc1F)c1c(Cl)ccc(Cl)c1Cl. The number of hydrogen-bond donors (Lipinski definition) is 1. The van der Waals surface area contributed by atoms with Crippen LogP contribution in [0.3, 0.4) is 0 Å². The van der Waals surface area contributed by atoms with Crippen LogP contribution in [0.25, 0.3) is 0 Å². The van der Waals surface area contributed by atoms with E-state index in [4.69, 9.17) is 45.3 Å². The average Bonchev–Trinajstić information content (AvgIpc) is 2.38. The van der Waals surface area contributed by atoms with Gasteiger partial charge < -0.3 is 10.5 Å². The molecule has 0 heterocycles. The number of anilines is 1. The standard InChI is InChI=1S/C14H11Cl3FNO/c1-7(13-9(15)3-4-10(16)14(13)17)20-12-5-2-8(19)6-11(12)18/h2-7H,19H2,1H3. The van der Waals surface area contributed by atoms with Gasteiger partial charge in [0.15, 0.2) is 11.6 Å². The van der Waals surface area contributed by atoms with E-state index >= 15 is 0 Å². The third kappa shape index (κ3) is 3.11. The van der Waals surface area contributed by atoms with Gasteiger partial charge in [0.1, 0.15) is 6.10 Å². The first-order valence-electron chi connectivity index (χ1n) is 5.75. The van der Waals surface area contributed by atoms with Gasteiger partial charge in [0.25, 0.3) is 0 Å². The first kappa shape index (κ1) is 15.2. The molecule has 20 heavy (non-hydrogen) atoms. The molecule has 6 heteroatoms. The van der Waals surface area contributed by atoms with Crippen LogP contribution in [0.5, 0.6) is 5.75 Å². The van der Waals surface area contributed by atoms with Crippen molar-refractivity contribution in [1.82, 2.24) is 0 Å². The number of rotatable bonds is 3. The van der Waals surface area contributed by atoms with E-state index in [0.29, 0.717) is 26.3 Å². The van der Waals surface area contributed by atoms with E-state index in [1.165, 1.54) is 12.1 Å². The van der Waals surface area contributed by atoms with Crippen LogP contribution in [0.1, 0.15) is 18.6 Å². The predicted molar refractivity (Wildman–Crippen MR) is 81.3 cm³/mol. The lowest BCUT2D eigenvalue weighted by atomic mass is 10.1. The smallest absolute Gasteiger partial charge is 0.167 e. The largest absolute Gasteiger partial charge is 0.483 e. The number of nitrogen functional groups attached to an aromatic ring is 1. The van der Waals surface area contributed by atoms with Crippen molar-refractivity contribution in [3.63, 3.8) is 0 Å². The lowest BCUT2D eigenvalue weighted by Crippen LogP contribution is -2.06. The summed E-state index contributed by atoms with van der Waals surface area (Å²) in [6.07, 6.45) is -0.563. The summed E-state index contributed by atoms with van der Waals surface area (Å²) in [5.41, 5.74) is 6.31. The summed E-state index contributed by atoms with van der Waals surface area (Å²) in [5.74, 6) is -0.482. The van der Waals surface area contributed by atoms with Crippen molar-refractivity contribution < 1.29 is 9.13 Å². The normalized spacial score (nSPS) is 12.2. The van der Waals surface area contributed by atoms with Gasteiger partial charge in [0, 0.05) is 22.3 Å². The number of halogens is 4. The Kier molecular flexibility index (Phi) is 4.63. The maximum atomic E-state index is 13.7. The maximum absolute atomic E-state index is 13.7. The third-order valence-corrected chi connectivity index (χ3v) is 3.89.